The van der Waals surface area contributed by atoms with Gasteiger partial charge in [-0.15, -0.1) is 0 Å². The first-order valence-electron chi connectivity index (χ1n) is 4.91. The van der Waals surface area contributed by atoms with Crippen LogP contribution in [-0.2, 0) is 19.0 Å². The second-order valence-electron chi connectivity index (χ2n) is 3.72. The van der Waals surface area contributed by atoms with Gasteiger partial charge in [0.2, 0.25) is 5.24 Å². The summed E-state index contributed by atoms with van der Waals surface area (Å²) in [6.45, 7) is 0. The SMILES string of the molecule is COC1[C@H](OC)CC(C(=O)Cl)C[C@H]1OC. The zero-order chi connectivity index (χ0) is 11.4. The van der Waals surface area contributed by atoms with Crippen LogP contribution >= 0.6 is 11.6 Å². The molecule has 1 rings (SSSR count). The lowest BCUT2D eigenvalue weighted by molar-refractivity contribution is -0.147. The minimum Gasteiger partial charge on any atom is -0.379 e. The molecule has 1 saturated carbocycles. The van der Waals surface area contributed by atoms with Crippen molar-refractivity contribution in [2.45, 2.75) is 31.2 Å². The summed E-state index contributed by atoms with van der Waals surface area (Å²) in [7, 11) is 4.82. The Kier molecular flexibility index (Phi) is 4.99. The summed E-state index contributed by atoms with van der Waals surface area (Å²) in [5.41, 5.74) is 0. The van der Waals surface area contributed by atoms with E-state index in [2.05, 4.69) is 0 Å². The number of hydrogen-bond acceptors (Lipinski definition) is 4. The van der Waals surface area contributed by atoms with Crippen LogP contribution < -0.4 is 0 Å². The molecule has 15 heavy (non-hydrogen) atoms. The Bertz CT molecular complexity index is 207. The maximum Gasteiger partial charge on any atom is 0.224 e. The largest absolute Gasteiger partial charge is 0.379 e. The predicted molar refractivity (Wildman–Crippen MR) is 56.0 cm³/mol. The lowest BCUT2D eigenvalue weighted by Gasteiger charge is -2.38. The molecular formula is C10H17ClO4. The van der Waals surface area contributed by atoms with E-state index in [1.807, 2.05) is 0 Å². The van der Waals surface area contributed by atoms with Crippen molar-refractivity contribution in [1.82, 2.24) is 0 Å². The Labute approximate surface area is 94.8 Å². The van der Waals surface area contributed by atoms with Crippen LogP contribution in [0.1, 0.15) is 12.8 Å². The topological polar surface area (TPSA) is 44.8 Å². The number of halogens is 1. The molecule has 1 fully saturated rings. The highest BCUT2D eigenvalue weighted by molar-refractivity contribution is 6.64. The Balaban J connectivity index is 2.73. The zero-order valence-corrected chi connectivity index (χ0v) is 9.99. The second-order valence-corrected chi connectivity index (χ2v) is 4.09. The molecule has 0 saturated heterocycles. The average Bonchev–Trinajstić information content (AvgIpc) is 2.26. The molecule has 0 N–H and O–H groups in total. The van der Waals surface area contributed by atoms with Gasteiger partial charge in [-0.3, -0.25) is 4.79 Å². The van der Waals surface area contributed by atoms with E-state index in [0.717, 1.165) is 0 Å². The number of carbonyl (C=O) groups excluding carboxylic acids is 1. The molecule has 2 atom stereocenters. The molecule has 1 aliphatic rings. The monoisotopic (exact) mass is 236 g/mol. The van der Waals surface area contributed by atoms with Crippen molar-refractivity contribution in [2.75, 3.05) is 21.3 Å². The van der Waals surface area contributed by atoms with Crippen molar-refractivity contribution in [3.63, 3.8) is 0 Å². The highest BCUT2D eigenvalue weighted by Crippen LogP contribution is 2.31. The Morgan fingerprint density at radius 1 is 1.07 bits per heavy atom. The third kappa shape index (κ3) is 2.91. The first-order valence-corrected chi connectivity index (χ1v) is 5.29. The fraction of sp³-hybridized carbons (Fsp3) is 0.900. The Morgan fingerprint density at radius 2 is 1.53 bits per heavy atom. The van der Waals surface area contributed by atoms with Gasteiger partial charge in [0.25, 0.3) is 0 Å². The van der Waals surface area contributed by atoms with Gasteiger partial charge >= 0.3 is 0 Å². The number of ether oxygens (including phenoxy) is 3. The molecule has 0 amide bonds. The summed E-state index contributed by atoms with van der Waals surface area (Å²) in [5, 5.41) is -0.325. The van der Waals surface area contributed by atoms with E-state index in [0.29, 0.717) is 12.8 Å². The first kappa shape index (κ1) is 12.9. The van der Waals surface area contributed by atoms with Crippen LogP contribution in [0.5, 0.6) is 0 Å². The predicted octanol–water partition coefficient (Wildman–Crippen LogP) is 1.21. The van der Waals surface area contributed by atoms with Crippen molar-refractivity contribution in [2.24, 2.45) is 5.92 Å². The summed E-state index contributed by atoms with van der Waals surface area (Å²) < 4.78 is 15.9. The highest BCUT2D eigenvalue weighted by Gasteiger charge is 2.40. The third-order valence-electron chi connectivity index (χ3n) is 2.97. The molecule has 0 spiro atoms. The first-order chi connectivity index (χ1) is 7.13. The molecule has 0 aromatic heterocycles. The quantitative estimate of drug-likeness (QED) is 0.689. The smallest absolute Gasteiger partial charge is 0.224 e. The minimum absolute atomic E-state index is 0.132. The summed E-state index contributed by atoms with van der Waals surface area (Å²) in [6, 6.07) is 0. The van der Waals surface area contributed by atoms with Crippen LogP contribution in [0.2, 0.25) is 0 Å². The van der Waals surface area contributed by atoms with Gasteiger partial charge in [-0.1, -0.05) is 0 Å². The number of carbonyl (C=O) groups is 1. The standard InChI is InChI=1S/C10H17ClO4/c1-13-7-4-6(10(11)12)5-8(14-2)9(7)15-3/h6-9H,4-5H2,1-3H3/t6?,7-,8-,9?/m1/s1. The Hall–Kier alpha value is -0.160. The maximum atomic E-state index is 11.1. The van der Waals surface area contributed by atoms with Gasteiger partial charge in [-0.2, -0.15) is 0 Å². The van der Waals surface area contributed by atoms with Crippen LogP contribution in [-0.4, -0.2) is 44.9 Å². The highest BCUT2D eigenvalue weighted by atomic mass is 35.5. The molecule has 4 nitrogen and oxygen atoms in total. The van der Waals surface area contributed by atoms with Gasteiger partial charge in [0.15, 0.2) is 0 Å². The van der Waals surface area contributed by atoms with E-state index in [-0.39, 0.29) is 29.5 Å². The summed E-state index contributed by atoms with van der Waals surface area (Å²) in [4.78, 5) is 11.1. The minimum atomic E-state index is -0.325. The molecule has 0 bridgehead atoms. The lowest BCUT2D eigenvalue weighted by atomic mass is 9.83. The van der Waals surface area contributed by atoms with Crippen molar-refractivity contribution in [3.05, 3.63) is 0 Å². The number of methoxy groups -OCH3 is 3. The van der Waals surface area contributed by atoms with Gasteiger partial charge in [0.1, 0.15) is 6.10 Å². The van der Waals surface area contributed by atoms with Crippen molar-refractivity contribution >= 4 is 16.8 Å². The molecule has 0 unspecified atom stereocenters. The van der Waals surface area contributed by atoms with Gasteiger partial charge in [-0.05, 0) is 24.4 Å². The van der Waals surface area contributed by atoms with Crippen LogP contribution in [0.3, 0.4) is 0 Å². The molecule has 0 aromatic carbocycles. The average molecular weight is 237 g/mol. The molecule has 0 radical (unpaired) electrons. The fourth-order valence-corrected chi connectivity index (χ4v) is 2.29. The second kappa shape index (κ2) is 5.80. The lowest BCUT2D eigenvalue weighted by Crippen LogP contribution is -2.48. The van der Waals surface area contributed by atoms with E-state index in [1.165, 1.54) is 0 Å². The van der Waals surface area contributed by atoms with Crippen LogP contribution in [0.15, 0.2) is 0 Å². The third-order valence-corrected chi connectivity index (χ3v) is 3.27. The van der Waals surface area contributed by atoms with E-state index < -0.39 is 0 Å². The molecule has 1 aliphatic carbocycles. The van der Waals surface area contributed by atoms with E-state index in [9.17, 15) is 4.79 Å². The molecule has 0 aromatic rings. The number of hydrogen-bond donors (Lipinski definition) is 0. The van der Waals surface area contributed by atoms with Gasteiger partial charge in [-0.25, -0.2) is 0 Å². The summed E-state index contributed by atoms with van der Waals surface area (Å²) in [5.74, 6) is -0.201. The molecule has 0 heterocycles. The van der Waals surface area contributed by atoms with Gasteiger partial charge in [0.05, 0.1) is 12.2 Å². The van der Waals surface area contributed by atoms with Crippen LogP contribution in [0.25, 0.3) is 0 Å². The molecular weight excluding hydrogens is 220 g/mol. The van der Waals surface area contributed by atoms with Crippen LogP contribution in [0.4, 0.5) is 0 Å². The molecule has 5 heteroatoms. The molecule has 0 aliphatic heterocycles. The van der Waals surface area contributed by atoms with Crippen molar-refractivity contribution in [1.29, 1.82) is 0 Å². The van der Waals surface area contributed by atoms with Crippen LogP contribution in [0, 0.1) is 5.92 Å². The normalized spacial score (nSPS) is 36.5. The van der Waals surface area contributed by atoms with Gasteiger partial charge < -0.3 is 14.2 Å². The molecule has 88 valence electrons. The van der Waals surface area contributed by atoms with Crippen molar-refractivity contribution in [3.8, 4) is 0 Å². The van der Waals surface area contributed by atoms with Gasteiger partial charge in [0, 0.05) is 27.2 Å². The van der Waals surface area contributed by atoms with Crippen molar-refractivity contribution < 1.29 is 19.0 Å². The fourth-order valence-electron chi connectivity index (χ4n) is 2.11. The number of rotatable bonds is 4. The summed E-state index contributed by atoms with van der Waals surface area (Å²) >= 11 is 5.50. The van der Waals surface area contributed by atoms with E-state index in [4.69, 9.17) is 25.8 Å². The Morgan fingerprint density at radius 3 is 1.80 bits per heavy atom. The maximum absolute atomic E-state index is 11.1. The van der Waals surface area contributed by atoms with E-state index in [1.54, 1.807) is 21.3 Å². The summed E-state index contributed by atoms with van der Waals surface area (Å²) in [6.07, 6.45) is 0.782. The zero-order valence-electron chi connectivity index (χ0n) is 9.23. The van der Waals surface area contributed by atoms with E-state index >= 15 is 0 Å².